The summed E-state index contributed by atoms with van der Waals surface area (Å²) in [5.74, 6) is -0.871. The van der Waals surface area contributed by atoms with E-state index in [9.17, 15) is 14.4 Å². The number of nitrogens with one attached hydrogen (secondary N) is 2. The molecule has 0 spiro atoms. The Kier molecular flexibility index (Phi) is 9.56. The predicted molar refractivity (Wildman–Crippen MR) is 129 cm³/mol. The van der Waals surface area contributed by atoms with Crippen LogP contribution in [-0.2, 0) is 20.9 Å². The highest BCUT2D eigenvalue weighted by Gasteiger charge is 2.20. The molecule has 0 radical (unpaired) electrons. The topological polar surface area (TPSA) is 176 Å². The molecule has 1 heterocycles. The second-order valence-corrected chi connectivity index (χ2v) is 7.31. The van der Waals surface area contributed by atoms with Gasteiger partial charge in [0.05, 0.1) is 26.3 Å². The minimum atomic E-state index is -0.631. The summed E-state index contributed by atoms with van der Waals surface area (Å²) >= 11 is 0. The van der Waals surface area contributed by atoms with Gasteiger partial charge in [-0.25, -0.2) is 4.98 Å². The second-order valence-electron chi connectivity index (χ2n) is 7.31. The molecule has 2 amide bonds. The number of imidazole rings is 1. The molecule has 0 unspecified atom stereocenters. The number of methoxy groups -OCH3 is 2. The number of esters is 1. The molecular formula is C22H31N7O5. The first-order valence-electron chi connectivity index (χ1n) is 10.7. The summed E-state index contributed by atoms with van der Waals surface area (Å²) in [5.41, 5.74) is 13.0. The maximum atomic E-state index is 12.9. The van der Waals surface area contributed by atoms with E-state index in [-0.39, 0.29) is 29.7 Å². The molecule has 0 fully saturated rings. The average molecular weight is 474 g/mol. The normalized spacial score (nSPS) is 12.0. The standard InChI is InChI=1S/C22H31N7O5/c1-5-26-16(9-13(2)23)21(32)28-22-27-15-10-14(20(24)31)11-17(33-3)19(15)29(22)8-6-7-25-12-18(30)34-4/h9-11,25H,5-8,12,23H2,1-4H3,(H2,24,31)(H,27,28,32). The largest absolute Gasteiger partial charge is 0.494 e. The smallest absolute Gasteiger partial charge is 0.319 e. The number of aliphatic imine (C=N–C) groups is 1. The highest BCUT2D eigenvalue weighted by molar-refractivity contribution is 6.47. The zero-order valence-corrected chi connectivity index (χ0v) is 19.8. The summed E-state index contributed by atoms with van der Waals surface area (Å²) in [6.45, 7) is 4.85. The van der Waals surface area contributed by atoms with Crippen LogP contribution in [-0.4, -0.2) is 66.9 Å². The van der Waals surface area contributed by atoms with Crippen molar-refractivity contribution >= 4 is 40.5 Å². The zero-order valence-electron chi connectivity index (χ0n) is 19.8. The lowest BCUT2D eigenvalue weighted by atomic mass is 10.1. The molecule has 6 N–H and O–H groups in total. The molecule has 0 bridgehead atoms. The fourth-order valence-corrected chi connectivity index (χ4v) is 3.20. The van der Waals surface area contributed by atoms with Crippen LogP contribution in [0, 0.1) is 0 Å². The third kappa shape index (κ3) is 6.78. The van der Waals surface area contributed by atoms with E-state index in [0.29, 0.717) is 48.5 Å². The van der Waals surface area contributed by atoms with Crippen LogP contribution < -0.4 is 26.8 Å². The van der Waals surface area contributed by atoms with Crippen LogP contribution in [0.2, 0.25) is 0 Å². The van der Waals surface area contributed by atoms with Gasteiger partial charge in [-0.15, -0.1) is 0 Å². The van der Waals surface area contributed by atoms with Gasteiger partial charge in [-0.05, 0) is 45.0 Å². The van der Waals surface area contributed by atoms with Crippen molar-refractivity contribution in [3.63, 3.8) is 0 Å². The third-order valence-corrected chi connectivity index (χ3v) is 4.69. The monoisotopic (exact) mass is 473 g/mol. The van der Waals surface area contributed by atoms with E-state index < -0.39 is 11.8 Å². The van der Waals surface area contributed by atoms with E-state index in [1.54, 1.807) is 18.4 Å². The van der Waals surface area contributed by atoms with Gasteiger partial charge in [0.2, 0.25) is 11.9 Å². The number of hydrogen-bond acceptors (Lipinski definition) is 9. The molecule has 12 heteroatoms. The van der Waals surface area contributed by atoms with Crippen molar-refractivity contribution in [2.24, 2.45) is 16.5 Å². The van der Waals surface area contributed by atoms with E-state index in [0.717, 1.165) is 0 Å². The number of fused-ring (bicyclic) bond motifs is 1. The molecule has 34 heavy (non-hydrogen) atoms. The Morgan fingerprint density at radius 1 is 1.24 bits per heavy atom. The molecular weight excluding hydrogens is 442 g/mol. The first-order valence-corrected chi connectivity index (χ1v) is 10.7. The summed E-state index contributed by atoms with van der Waals surface area (Å²) in [6, 6.07) is 3.06. The van der Waals surface area contributed by atoms with Crippen LogP contribution in [0.1, 0.15) is 30.6 Å². The Balaban J connectivity index is 2.44. The molecule has 0 aliphatic heterocycles. The maximum absolute atomic E-state index is 12.9. The summed E-state index contributed by atoms with van der Waals surface area (Å²) in [5, 5.41) is 5.76. The minimum Gasteiger partial charge on any atom is -0.494 e. The number of carbonyl (C=O) groups excluding carboxylic acids is 3. The molecule has 2 rings (SSSR count). The van der Waals surface area contributed by atoms with Gasteiger partial charge in [-0.3, -0.25) is 24.7 Å². The number of ether oxygens (including phenoxy) is 2. The van der Waals surface area contributed by atoms with Gasteiger partial charge in [0, 0.05) is 24.4 Å². The van der Waals surface area contributed by atoms with Gasteiger partial charge in [-0.2, -0.15) is 0 Å². The molecule has 0 saturated carbocycles. The summed E-state index contributed by atoms with van der Waals surface area (Å²) in [7, 11) is 2.79. The average Bonchev–Trinajstić information content (AvgIpc) is 3.14. The Morgan fingerprint density at radius 3 is 2.56 bits per heavy atom. The molecule has 0 aliphatic carbocycles. The van der Waals surface area contributed by atoms with Gasteiger partial charge < -0.3 is 30.8 Å². The van der Waals surface area contributed by atoms with Crippen molar-refractivity contribution in [2.75, 3.05) is 39.2 Å². The summed E-state index contributed by atoms with van der Waals surface area (Å²) in [6.07, 6.45) is 2.07. The number of primary amides is 1. The number of benzene rings is 1. The Hall–Kier alpha value is -3.93. The highest BCUT2D eigenvalue weighted by Crippen LogP contribution is 2.30. The number of carbonyl (C=O) groups is 3. The molecule has 184 valence electrons. The van der Waals surface area contributed by atoms with Crippen LogP contribution in [0.5, 0.6) is 5.75 Å². The number of rotatable bonds is 12. The highest BCUT2D eigenvalue weighted by atomic mass is 16.5. The van der Waals surface area contributed by atoms with E-state index in [1.807, 2.05) is 0 Å². The van der Waals surface area contributed by atoms with Gasteiger partial charge in [-0.1, -0.05) is 0 Å². The number of hydrogen-bond donors (Lipinski definition) is 4. The molecule has 0 aliphatic rings. The fourth-order valence-electron chi connectivity index (χ4n) is 3.20. The number of nitrogens with two attached hydrogens (primary N) is 2. The molecule has 0 saturated heterocycles. The molecule has 1 aromatic carbocycles. The van der Waals surface area contributed by atoms with Gasteiger partial charge in [0.1, 0.15) is 17.0 Å². The van der Waals surface area contributed by atoms with Crippen molar-refractivity contribution in [1.29, 1.82) is 0 Å². The van der Waals surface area contributed by atoms with E-state index >= 15 is 0 Å². The third-order valence-electron chi connectivity index (χ3n) is 4.69. The molecule has 2 aromatic rings. The van der Waals surface area contributed by atoms with Gasteiger partial charge >= 0.3 is 5.97 Å². The number of nitrogens with zero attached hydrogens (tertiary/aromatic N) is 3. The summed E-state index contributed by atoms with van der Waals surface area (Å²) in [4.78, 5) is 44.7. The Morgan fingerprint density at radius 2 is 1.97 bits per heavy atom. The number of anilines is 1. The van der Waals surface area contributed by atoms with Gasteiger partial charge in [0.15, 0.2) is 0 Å². The lowest BCUT2D eigenvalue weighted by Crippen LogP contribution is -2.26. The second kappa shape index (κ2) is 12.3. The van der Waals surface area contributed by atoms with Crippen molar-refractivity contribution in [3.05, 3.63) is 29.5 Å². The maximum Gasteiger partial charge on any atom is 0.319 e. The van der Waals surface area contributed by atoms with Crippen molar-refractivity contribution in [3.8, 4) is 5.75 Å². The van der Waals surface area contributed by atoms with Crippen LogP contribution in [0.15, 0.2) is 28.9 Å². The van der Waals surface area contributed by atoms with Crippen molar-refractivity contribution < 1.29 is 23.9 Å². The minimum absolute atomic E-state index is 0.0810. The Bertz CT molecular complexity index is 1120. The molecule has 12 nitrogen and oxygen atoms in total. The van der Waals surface area contributed by atoms with Gasteiger partial charge in [0.25, 0.3) is 5.91 Å². The first-order chi connectivity index (χ1) is 16.2. The van der Waals surface area contributed by atoms with Crippen LogP contribution in [0.4, 0.5) is 5.95 Å². The number of aryl methyl sites for hydroxylation is 1. The van der Waals surface area contributed by atoms with Crippen molar-refractivity contribution in [1.82, 2.24) is 14.9 Å². The zero-order chi connectivity index (χ0) is 25.3. The predicted octanol–water partition coefficient (Wildman–Crippen LogP) is 0.558. The Labute approximate surface area is 197 Å². The fraction of sp³-hybridized carbons (Fsp3) is 0.409. The quantitative estimate of drug-likeness (QED) is 0.196. The summed E-state index contributed by atoms with van der Waals surface area (Å²) < 4.78 is 11.9. The van der Waals surface area contributed by atoms with Crippen LogP contribution in [0.3, 0.4) is 0 Å². The number of aromatic nitrogens is 2. The van der Waals surface area contributed by atoms with Crippen molar-refractivity contribution in [2.45, 2.75) is 26.8 Å². The lowest BCUT2D eigenvalue weighted by Gasteiger charge is -2.13. The van der Waals surface area contributed by atoms with Crippen LogP contribution >= 0.6 is 0 Å². The first kappa shape index (κ1) is 26.3. The van der Waals surface area contributed by atoms with E-state index in [2.05, 4.69) is 25.3 Å². The number of allylic oxidation sites excluding steroid dienone is 1. The molecule has 0 atom stereocenters. The number of amides is 2. The SMILES string of the molecule is CCN=C(C=C(C)N)C(=O)Nc1nc2cc(C(N)=O)cc(OC)c2n1CCCNCC(=O)OC. The van der Waals surface area contributed by atoms with Crippen LogP contribution in [0.25, 0.3) is 11.0 Å². The van der Waals surface area contributed by atoms with E-state index in [1.165, 1.54) is 32.4 Å². The van der Waals surface area contributed by atoms with E-state index in [4.69, 9.17) is 16.2 Å². The molecule has 1 aromatic heterocycles. The lowest BCUT2D eigenvalue weighted by molar-refractivity contribution is -0.139.